The van der Waals surface area contributed by atoms with E-state index in [4.69, 9.17) is 0 Å². The van der Waals surface area contributed by atoms with Crippen molar-refractivity contribution in [3.8, 4) is 0 Å². The maximum Gasteiger partial charge on any atom is 0.226 e. The fraction of sp³-hybridized carbons (Fsp3) is 0.550. The smallest absolute Gasteiger partial charge is 0.226 e. The molecule has 1 fully saturated rings. The van der Waals surface area contributed by atoms with Crippen LogP contribution in [0.3, 0.4) is 0 Å². The molecule has 24 heavy (non-hydrogen) atoms. The Bertz CT molecular complexity index is 546. The van der Waals surface area contributed by atoms with Crippen molar-refractivity contribution in [1.29, 1.82) is 0 Å². The highest BCUT2D eigenvalue weighted by Crippen LogP contribution is 2.19. The molecule has 1 aromatic carbocycles. The predicted octanol–water partition coefficient (Wildman–Crippen LogP) is 3.50. The largest absolute Gasteiger partial charge is 0.342 e. The molecule has 1 aromatic rings. The number of amides is 1. The van der Waals surface area contributed by atoms with Crippen LogP contribution in [0, 0.1) is 11.7 Å². The number of carbonyl (C=O) groups excluding carboxylic acids is 1. The van der Waals surface area contributed by atoms with Crippen LogP contribution < -0.4 is 0 Å². The molecule has 1 aliphatic rings. The van der Waals surface area contributed by atoms with Crippen LogP contribution in [0.2, 0.25) is 0 Å². The molecule has 1 amide bonds. The lowest BCUT2D eigenvalue weighted by Gasteiger charge is -2.35. The van der Waals surface area contributed by atoms with Gasteiger partial charge >= 0.3 is 0 Å². The number of carbonyl (C=O) groups is 1. The van der Waals surface area contributed by atoms with Gasteiger partial charge in [-0.05, 0) is 56.3 Å². The molecule has 0 unspecified atom stereocenters. The lowest BCUT2D eigenvalue weighted by molar-refractivity contribution is -0.131. The zero-order valence-corrected chi connectivity index (χ0v) is 14.7. The summed E-state index contributed by atoms with van der Waals surface area (Å²) in [7, 11) is 0. The molecule has 132 valence electrons. The number of halogens is 1. The summed E-state index contributed by atoms with van der Waals surface area (Å²) in [5.74, 6) is 0.535. The third-order valence-corrected chi connectivity index (χ3v) is 4.74. The van der Waals surface area contributed by atoms with E-state index in [0.717, 1.165) is 44.7 Å². The molecular weight excluding hydrogens is 303 g/mol. The highest BCUT2D eigenvalue weighted by molar-refractivity contribution is 5.77. The van der Waals surface area contributed by atoms with Crippen molar-refractivity contribution >= 4 is 5.91 Å². The second-order valence-corrected chi connectivity index (χ2v) is 6.61. The molecule has 0 spiro atoms. The average molecular weight is 332 g/mol. The summed E-state index contributed by atoms with van der Waals surface area (Å²) in [6, 6.07) is 6.86. The first kappa shape index (κ1) is 18.7. The van der Waals surface area contributed by atoms with E-state index in [0.29, 0.717) is 12.3 Å². The molecule has 0 N–H and O–H groups in total. The Balaban J connectivity index is 1.82. The first-order chi connectivity index (χ1) is 11.6. The molecule has 0 aliphatic carbocycles. The minimum Gasteiger partial charge on any atom is -0.342 e. The highest BCUT2D eigenvalue weighted by atomic mass is 19.1. The van der Waals surface area contributed by atoms with Crippen LogP contribution in [0.15, 0.2) is 36.9 Å². The van der Waals surface area contributed by atoms with Crippen molar-refractivity contribution < 1.29 is 9.18 Å². The van der Waals surface area contributed by atoms with Gasteiger partial charge in [0.05, 0.1) is 0 Å². The molecule has 2 rings (SSSR count). The van der Waals surface area contributed by atoms with Crippen LogP contribution >= 0.6 is 0 Å². The van der Waals surface area contributed by atoms with E-state index in [1.807, 2.05) is 17.9 Å². The van der Waals surface area contributed by atoms with Gasteiger partial charge in [0.2, 0.25) is 5.91 Å². The zero-order valence-electron chi connectivity index (χ0n) is 14.7. The normalized spacial score (nSPS) is 18.3. The van der Waals surface area contributed by atoms with Crippen LogP contribution in [0.25, 0.3) is 0 Å². The van der Waals surface area contributed by atoms with Gasteiger partial charge in [-0.2, -0.15) is 0 Å². The van der Waals surface area contributed by atoms with Crippen molar-refractivity contribution in [2.24, 2.45) is 5.92 Å². The van der Waals surface area contributed by atoms with E-state index in [1.165, 1.54) is 18.9 Å². The van der Waals surface area contributed by atoms with E-state index < -0.39 is 0 Å². The van der Waals surface area contributed by atoms with Gasteiger partial charge in [0, 0.05) is 32.6 Å². The van der Waals surface area contributed by atoms with Gasteiger partial charge in [0.15, 0.2) is 0 Å². The number of hydrogen-bond donors (Lipinski definition) is 0. The highest BCUT2D eigenvalue weighted by Gasteiger charge is 2.23. The number of benzene rings is 1. The summed E-state index contributed by atoms with van der Waals surface area (Å²) in [6.07, 6.45) is 5.31. The molecule has 1 aliphatic heterocycles. The van der Waals surface area contributed by atoms with Crippen molar-refractivity contribution in [3.05, 3.63) is 48.3 Å². The molecule has 0 saturated carbocycles. The van der Waals surface area contributed by atoms with Crippen LogP contribution in [-0.2, 0) is 11.2 Å². The Morgan fingerprint density at radius 2 is 2.33 bits per heavy atom. The van der Waals surface area contributed by atoms with Crippen molar-refractivity contribution in [2.45, 2.75) is 32.6 Å². The molecule has 1 saturated heterocycles. The molecule has 3 nitrogen and oxygen atoms in total. The van der Waals surface area contributed by atoms with Gasteiger partial charge in [-0.3, -0.25) is 4.79 Å². The number of hydrogen-bond acceptors (Lipinski definition) is 2. The molecule has 0 aromatic heterocycles. The van der Waals surface area contributed by atoms with E-state index in [-0.39, 0.29) is 11.7 Å². The SMILES string of the molecule is C=CCC(=O)N(CC)C[C@@H]1CCCN(CCc2cccc(F)c2)C1. The number of likely N-dealkylation sites (tertiary alicyclic amines) is 1. The van der Waals surface area contributed by atoms with Crippen LogP contribution in [0.4, 0.5) is 4.39 Å². The van der Waals surface area contributed by atoms with Gasteiger partial charge < -0.3 is 9.80 Å². The number of nitrogens with zero attached hydrogens (tertiary/aromatic N) is 2. The van der Waals surface area contributed by atoms with Gasteiger partial charge in [-0.15, -0.1) is 6.58 Å². The first-order valence-corrected chi connectivity index (χ1v) is 8.97. The summed E-state index contributed by atoms with van der Waals surface area (Å²) >= 11 is 0. The Morgan fingerprint density at radius 1 is 1.50 bits per heavy atom. The standard InChI is InChI=1S/C20H29FN2O/c1-3-7-20(24)23(4-2)16-18-9-6-12-22(15-18)13-11-17-8-5-10-19(21)14-17/h3,5,8,10,14,18H,1,4,6-7,9,11-13,15-16H2,2H3/t18-/m1/s1. The third-order valence-electron chi connectivity index (χ3n) is 4.74. The van der Waals surface area contributed by atoms with Crippen LogP contribution in [-0.4, -0.2) is 48.4 Å². The fourth-order valence-corrected chi connectivity index (χ4v) is 3.45. The van der Waals surface area contributed by atoms with Crippen molar-refractivity contribution in [3.63, 3.8) is 0 Å². The number of piperidine rings is 1. The first-order valence-electron chi connectivity index (χ1n) is 8.97. The Morgan fingerprint density at radius 3 is 3.04 bits per heavy atom. The predicted molar refractivity (Wildman–Crippen MR) is 96.3 cm³/mol. The molecule has 1 heterocycles. The van der Waals surface area contributed by atoms with Crippen LogP contribution in [0.5, 0.6) is 0 Å². The van der Waals surface area contributed by atoms with Gasteiger partial charge in [-0.1, -0.05) is 18.2 Å². The summed E-state index contributed by atoms with van der Waals surface area (Å²) in [4.78, 5) is 16.5. The molecule has 0 radical (unpaired) electrons. The quantitative estimate of drug-likeness (QED) is 0.680. The molecule has 4 heteroatoms. The van der Waals surface area contributed by atoms with Crippen molar-refractivity contribution in [1.82, 2.24) is 9.80 Å². The van der Waals surface area contributed by atoms with Crippen molar-refractivity contribution in [2.75, 3.05) is 32.7 Å². The molecule has 0 bridgehead atoms. The Labute approximate surface area is 145 Å². The van der Waals surface area contributed by atoms with E-state index >= 15 is 0 Å². The second-order valence-electron chi connectivity index (χ2n) is 6.61. The minimum atomic E-state index is -0.164. The van der Waals surface area contributed by atoms with Gasteiger partial charge in [0.1, 0.15) is 5.82 Å². The monoisotopic (exact) mass is 332 g/mol. The van der Waals surface area contributed by atoms with E-state index in [1.54, 1.807) is 18.2 Å². The fourth-order valence-electron chi connectivity index (χ4n) is 3.45. The summed E-state index contributed by atoms with van der Waals surface area (Å²) in [5.41, 5.74) is 1.05. The summed E-state index contributed by atoms with van der Waals surface area (Å²) in [5, 5.41) is 0. The summed E-state index contributed by atoms with van der Waals surface area (Å²) in [6.45, 7) is 10.3. The minimum absolute atomic E-state index is 0.164. The maximum atomic E-state index is 13.3. The topological polar surface area (TPSA) is 23.6 Å². The lowest BCUT2D eigenvalue weighted by atomic mass is 9.96. The van der Waals surface area contributed by atoms with E-state index in [2.05, 4.69) is 11.5 Å². The second kappa shape index (κ2) is 9.58. The average Bonchev–Trinajstić information content (AvgIpc) is 2.58. The Kier molecular flexibility index (Phi) is 7.44. The van der Waals surface area contributed by atoms with Gasteiger partial charge in [-0.25, -0.2) is 4.39 Å². The van der Waals surface area contributed by atoms with Crippen LogP contribution in [0.1, 0.15) is 31.7 Å². The zero-order chi connectivity index (χ0) is 17.4. The Hall–Kier alpha value is -1.68. The summed E-state index contributed by atoms with van der Waals surface area (Å²) < 4.78 is 13.3. The third kappa shape index (κ3) is 5.75. The lowest BCUT2D eigenvalue weighted by Crippen LogP contribution is -2.43. The van der Waals surface area contributed by atoms with E-state index in [9.17, 15) is 9.18 Å². The maximum absolute atomic E-state index is 13.3. The van der Waals surface area contributed by atoms with Gasteiger partial charge in [0.25, 0.3) is 0 Å². The number of rotatable bonds is 8. The molecular formula is C20H29FN2O. The molecule has 1 atom stereocenters.